The Balaban J connectivity index is 2.72. The monoisotopic (exact) mass is 169 g/mol. The van der Waals surface area contributed by atoms with Crippen LogP contribution in [0.1, 0.15) is 34.1 Å². The van der Waals surface area contributed by atoms with Gasteiger partial charge in [0.25, 0.3) is 0 Å². The van der Waals surface area contributed by atoms with Crippen LogP contribution in [-0.4, -0.2) is 29.3 Å². The lowest BCUT2D eigenvalue weighted by atomic mass is 9.87. The maximum atomic E-state index is 11.4. The number of ketones is 1. The fourth-order valence-electron chi connectivity index (χ4n) is 2.15. The van der Waals surface area contributed by atoms with E-state index in [1.165, 1.54) is 0 Å². The number of Topliss-reactive ketones (excluding diaryl/α,β-unsaturated/α-hetero) is 1. The maximum absolute atomic E-state index is 11.4. The van der Waals surface area contributed by atoms with E-state index in [0.29, 0.717) is 17.9 Å². The number of carbonyl (C=O) groups excluding carboxylic acids is 1. The van der Waals surface area contributed by atoms with E-state index in [0.717, 1.165) is 13.0 Å². The fourth-order valence-corrected chi connectivity index (χ4v) is 2.15. The number of rotatable bonds is 1. The Kier molecular flexibility index (Phi) is 2.89. The van der Waals surface area contributed by atoms with Gasteiger partial charge in [0.1, 0.15) is 5.78 Å². The second kappa shape index (κ2) is 3.56. The number of hydrogen-bond donors (Lipinski definition) is 0. The van der Waals surface area contributed by atoms with Crippen LogP contribution in [-0.2, 0) is 4.79 Å². The largest absolute Gasteiger partial charge is 0.299 e. The maximum Gasteiger partial charge on any atom is 0.138 e. The normalized spacial score (nSPS) is 38.7. The smallest absolute Gasteiger partial charge is 0.138 e. The van der Waals surface area contributed by atoms with Crippen LogP contribution in [0.3, 0.4) is 0 Å². The van der Waals surface area contributed by atoms with Gasteiger partial charge in [-0.2, -0.15) is 0 Å². The molecule has 2 heteroatoms. The van der Waals surface area contributed by atoms with Gasteiger partial charge in [-0.1, -0.05) is 13.8 Å². The molecule has 0 aliphatic carbocycles. The van der Waals surface area contributed by atoms with Crippen LogP contribution in [0.15, 0.2) is 0 Å². The molecule has 3 atom stereocenters. The lowest BCUT2D eigenvalue weighted by Crippen LogP contribution is -2.51. The molecule has 0 aromatic rings. The van der Waals surface area contributed by atoms with Crippen molar-refractivity contribution in [1.82, 2.24) is 4.90 Å². The Morgan fingerprint density at radius 2 is 2.00 bits per heavy atom. The molecule has 1 saturated heterocycles. The lowest BCUT2D eigenvalue weighted by molar-refractivity contribution is -0.129. The van der Waals surface area contributed by atoms with Crippen molar-refractivity contribution >= 4 is 5.78 Å². The van der Waals surface area contributed by atoms with E-state index in [1.807, 2.05) is 6.92 Å². The molecular formula is C10H19NO. The van der Waals surface area contributed by atoms with Gasteiger partial charge in [-0.3, -0.25) is 9.69 Å². The summed E-state index contributed by atoms with van der Waals surface area (Å²) in [6.45, 7) is 9.56. The molecule has 1 aliphatic heterocycles. The molecule has 0 saturated carbocycles. The highest BCUT2D eigenvalue weighted by Gasteiger charge is 2.33. The van der Waals surface area contributed by atoms with Gasteiger partial charge in [-0.15, -0.1) is 0 Å². The summed E-state index contributed by atoms with van der Waals surface area (Å²) in [4.78, 5) is 13.9. The second-order valence-electron chi connectivity index (χ2n) is 3.88. The Hall–Kier alpha value is -0.370. The fraction of sp³-hybridized carbons (Fsp3) is 0.900. The van der Waals surface area contributed by atoms with Crippen LogP contribution in [0.25, 0.3) is 0 Å². The highest BCUT2D eigenvalue weighted by molar-refractivity contribution is 5.82. The average molecular weight is 169 g/mol. The van der Waals surface area contributed by atoms with Crippen molar-refractivity contribution < 1.29 is 4.79 Å². The van der Waals surface area contributed by atoms with Crippen molar-refractivity contribution in [3.05, 3.63) is 0 Å². The molecule has 1 fully saturated rings. The average Bonchev–Trinajstić information content (AvgIpc) is 2.01. The zero-order valence-corrected chi connectivity index (χ0v) is 8.50. The van der Waals surface area contributed by atoms with E-state index in [1.54, 1.807) is 0 Å². The summed E-state index contributed by atoms with van der Waals surface area (Å²) in [7, 11) is 0. The van der Waals surface area contributed by atoms with Gasteiger partial charge < -0.3 is 0 Å². The summed E-state index contributed by atoms with van der Waals surface area (Å²) in [5.74, 6) is 0.654. The van der Waals surface area contributed by atoms with Crippen LogP contribution < -0.4 is 0 Å². The zero-order valence-electron chi connectivity index (χ0n) is 8.50. The van der Waals surface area contributed by atoms with E-state index in [4.69, 9.17) is 0 Å². The van der Waals surface area contributed by atoms with Crippen LogP contribution in [0.2, 0.25) is 0 Å². The summed E-state index contributed by atoms with van der Waals surface area (Å²) < 4.78 is 0. The summed E-state index contributed by atoms with van der Waals surface area (Å²) in [5.41, 5.74) is 0. The molecule has 70 valence electrons. The minimum Gasteiger partial charge on any atom is -0.299 e. The van der Waals surface area contributed by atoms with Gasteiger partial charge in [0.15, 0.2) is 0 Å². The van der Waals surface area contributed by atoms with Crippen LogP contribution in [0, 0.1) is 5.92 Å². The molecule has 1 heterocycles. The Bertz CT molecular complexity index is 179. The number of carbonyl (C=O) groups is 1. The molecule has 12 heavy (non-hydrogen) atoms. The standard InChI is InChI=1S/C10H19NO/c1-5-11-7(2)6-10(12)8(3)9(11)4/h7-9H,5-6H2,1-4H3. The Labute approximate surface area is 74.9 Å². The summed E-state index contributed by atoms with van der Waals surface area (Å²) >= 11 is 0. The van der Waals surface area contributed by atoms with Crippen molar-refractivity contribution in [1.29, 1.82) is 0 Å². The van der Waals surface area contributed by atoms with Gasteiger partial charge in [0.2, 0.25) is 0 Å². The summed E-state index contributed by atoms with van der Waals surface area (Å²) in [5, 5.41) is 0. The number of hydrogen-bond acceptors (Lipinski definition) is 2. The van der Waals surface area contributed by atoms with E-state index in [-0.39, 0.29) is 5.92 Å². The molecule has 0 aromatic carbocycles. The zero-order chi connectivity index (χ0) is 9.30. The van der Waals surface area contributed by atoms with Crippen molar-refractivity contribution in [2.45, 2.75) is 46.2 Å². The molecule has 0 radical (unpaired) electrons. The highest BCUT2D eigenvalue weighted by atomic mass is 16.1. The molecule has 0 spiro atoms. The third-order valence-electron chi connectivity index (χ3n) is 3.18. The van der Waals surface area contributed by atoms with Gasteiger partial charge in [0.05, 0.1) is 0 Å². The summed E-state index contributed by atoms with van der Waals surface area (Å²) in [6, 6.07) is 0.861. The van der Waals surface area contributed by atoms with E-state index < -0.39 is 0 Å². The molecule has 1 rings (SSSR count). The van der Waals surface area contributed by atoms with Gasteiger partial charge >= 0.3 is 0 Å². The number of nitrogens with zero attached hydrogens (tertiary/aromatic N) is 1. The topological polar surface area (TPSA) is 20.3 Å². The van der Waals surface area contributed by atoms with Crippen molar-refractivity contribution in [3.8, 4) is 0 Å². The molecule has 0 bridgehead atoms. The second-order valence-corrected chi connectivity index (χ2v) is 3.88. The van der Waals surface area contributed by atoms with Crippen LogP contribution in [0.5, 0.6) is 0 Å². The molecular weight excluding hydrogens is 150 g/mol. The van der Waals surface area contributed by atoms with Crippen molar-refractivity contribution in [2.24, 2.45) is 5.92 Å². The van der Waals surface area contributed by atoms with E-state index in [9.17, 15) is 4.79 Å². The summed E-state index contributed by atoms with van der Waals surface area (Å²) in [6.07, 6.45) is 0.735. The first-order valence-electron chi connectivity index (χ1n) is 4.86. The lowest BCUT2D eigenvalue weighted by Gasteiger charge is -2.41. The first kappa shape index (κ1) is 9.72. The predicted octanol–water partition coefficient (Wildman–Crippen LogP) is 1.69. The molecule has 0 aromatic heterocycles. The van der Waals surface area contributed by atoms with E-state index in [2.05, 4.69) is 25.7 Å². The number of piperidine rings is 1. The molecule has 1 aliphatic rings. The minimum atomic E-state index is 0.223. The first-order chi connectivity index (χ1) is 5.57. The van der Waals surface area contributed by atoms with Crippen molar-refractivity contribution in [2.75, 3.05) is 6.54 Å². The third-order valence-corrected chi connectivity index (χ3v) is 3.18. The van der Waals surface area contributed by atoms with Gasteiger partial charge in [-0.05, 0) is 20.4 Å². The van der Waals surface area contributed by atoms with E-state index >= 15 is 0 Å². The highest BCUT2D eigenvalue weighted by Crippen LogP contribution is 2.24. The van der Waals surface area contributed by atoms with Crippen molar-refractivity contribution in [3.63, 3.8) is 0 Å². The first-order valence-corrected chi connectivity index (χ1v) is 4.86. The molecule has 0 N–H and O–H groups in total. The van der Waals surface area contributed by atoms with Gasteiger partial charge in [0, 0.05) is 24.4 Å². The Morgan fingerprint density at radius 1 is 1.42 bits per heavy atom. The minimum absolute atomic E-state index is 0.223. The molecule has 0 amide bonds. The predicted molar refractivity (Wildman–Crippen MR) is 50.1 cm³/mol. The van der Waals surface area contributed by atoms with Gasteiger partial charge in [-0.25, -0.2) is 0 Å². The third kappa shape index (κ3) is 1.53. The number of likely N-dealkylation sites (tertiary alicyclic amines) is 1. The molecule has 3 unspecified atom stereocenters. The SMILES string of the molecule is CCN1C(C)CC(=O)C(C)C1C. The molecule has 2 nitrogen and oxygen atoms in total. The van der Waals surface area contributed by atoms with Crippen LogP contribution in [0.4, 0.5) is 0 Å². The Morgan fingerprint density at radius 3 is 2.50 bits per heavy atom. The quantitative estimate of drug-likeness (QED) is 0.595. The van der Waals surface area contributed by atoms with Crippen LogP contribution >= 0.6 is 0 Å².